The van der Waals surface area contributed by atoms with Gasteiger partial charge in [-0.05, 0) is 49.1 Å². The van der Waals surface area contributed by atoms with Gasteiger partial charge in [-0.3, -0.25) is 4.79 Å². The van der Waals surface area contributed by atoms with E-state index in [-0.39, 0.29) is 11.8 Å². The Kier molecular flexibility index (Phi) is 6.19. The van der Waals surface area contributed by atoms with Crippen LogP contribution in [0.4, 0.5) is 11.6 Å². The third-order valence-corrected chi connectivity index (χ3v) is 4.35. The van der Waals surface area contributed by atoms with Gasteiger partial charge in [0.15, 0.2) is 5.82 Å². The molecule has 1 saturated heterocycles. The summed E-state index contributed by atoms with van der Waals surface area (Å²) in [5, 5.41) is 14.9. The molecule has 0 atom stereocenters. The molecule has 1 aromatic heterocycles. The van der Waals surface area contributed by atoms with Crippen molar-refractivity contribution in [1.29, 1.82) is 0 Å². The van der Waals surface area contributed by atoms with Gasteiger partial charge in [-0.2, -0.15) is 0 Å². The molecule has 25 heavy (non-hydrogen) atoms. The fourth-order valence-corrected chi connectivity index (χ4v) is 2.92. The van der Waals surface area contributed by atoms with Crippen molar-refractivity contribution in [2.24, 2.45) is 5.92 Å². The molecule has 0 spiro atoms. The highest BCUT2D eigenvalue weighted by atomic mass is 35.5. The van der Waals surface area contributed by atoms with E-state index in [1.807, 2.05) is 30.3 Å². The predicted octanol–water partition coefficient (Wildman–Crippen LogP) is 3.15. The lowest BCUT2D eigenvalue weighted by Gasteiger charge is -2.20. The van der Waals surface area contributed by atoms with Gasteiger partial charge in [-0.15, -0.1) is 10.2 Å². The lowest BCUT2D eigenvalue weighted by molar-refractivity contribution is -0.122. The fourth-order valence-electron chi connectivity index (χ4n) is 2.71. The van der Waals surface area contributed by atoms with E-state index < -0.39 is 0 Å². The van der Waals surface area contributed by atoms with Crippen LogP contribution in [0.3, 0.4) is 0 Å². The number of amides is 1. The number of carbonyl (C=O) groups is 1. The second-order valence-corrected chi connectivity index (χ2v) is 6.42. The van der Waals surface area contributed by atoms with Crippen molar-refractivity contribution in [2.75, 3.05) is 30.4 Å². The van der Waals surface area contributed by atoms with Crippen LogP contribution >= 0.6 is 11.6 Å². The second kappa shape index (κ2) is 8.78. The Hall–Kier alpha value is -2.18. The Bertz CT molecular complexity index is 702. The molecular weight excluding hydrogens is 340 g/mol. The normalized spacial score (nSPS) is 14.9. The zero-order chi connectivity index (χ0) is 17.5. The Morgan fingerprint density at radius 1 is 1.16 bits per heavy atom. The zero-order valence-corrected chi connectivity index (χ0v) is 14.6. The summed E-state index contributed by atoms with van der Waals surface area (Å²) >= 11 is 5.97. The van der Waals surface area contributed by atoms with Crippen LogP contribution < -0.4 is 10.6 Å². The van der Waals surface area contributed by atoms with Crippen molar-refractivity contribution in [2.45, 2.75) is 19.3 Å². The molecule has 2 N–H and O–H groups in total. The summed E-state index contributed by atoms with van der Waals surface area (Å²) in [6.07, 6.45) is 2.34. The highest BCUT2D eigenvalue weighted by molar-refractivity contribution is 6.30. The number of benzene rings is 1. The van der Waals surface area contributed by atoms with Gasteiger partial charge in [0, 0.05) is 30.7 Å². The molecule has 7 heteroatoms. The molecule has 1 fully saturated rings. The number of rotatable bonds is 6. The van der Waals surface area contributed by atoms with Gasteiger partial charge in [-0.1, -0.05) is 23.7 Å². The van der Waals surface area contributed by atoms with E-state index in [9.17, 15) is 4.79 Å². The summed E-state index contributed by atoms with van der Waals surface area (Å²) in [4.78, 5) is 12.1. The number of anilines is 2. The van der Waals surface area contributed by atoms with E-state index in [0.29, 0.717) is 24.8 Å². The van der Waals surface area contributed by atoms with Crippen LogP contribution in [0.25, 0.3) is 0 Å². The van der Waals surface area contributed by atoms with Gasteiger partial charge in [0.05, 0.1) is 0 Å². The topological polar surface area (TPSA) is 76.1 Å². The number of nitrogens with one attached hydrogen (secondary N) is 2. The van der Waals surface area contributed by atoms with Crippen LogP contribution in [0, 0.1) is 5.92 Å². The molecule has 0 bridgehead atoms. The minimum atomic E-state index is -0.0146. The van der Waals surface area contributed by atoms with E-state index in [4.69, 9.17) is 16.3 Å². The van der Waals surface area contributed by atoms with E-state index in [0.717, 1.165) is 36.4 Å². The molecule has 3 rings (SSSR count). The number of aromatic nitrogens is 2. The van der Waals surface area contributed by atoms with Crippen LogP contribution in [0.15, 0.2) is 36.4 Å². The lowest BCUT2D eigenvalue weighted by Crippen LogP contribution is -2.28. The molecule has 132 valence electrons. The Balaban J connectivity index is 1.46. The molecule has 1 aliphatic rings. The number of hydrogen-bond acceptors (Lipinski definition) is 5. The Morgan fingerprint density at radius 2 is 1.92 bits per heavy atom. The molecule has 1 amide bonds. The fraction of sp³-hybridized carbons (Fsp3) is 0.389. The minimum absolute atomic E-state index is 0.00829. The smallest absolute Gasteiger partial charge is 0.228 e. The number of nitrogens with zero attached hydrogens (tertiary/aromatic N) is 2. The average Bonchev–Trinajstić information content (AvgIpc) is 2.64. The SMILES string of the molecule is O=C(Nc1ccc(NCCc2cccc(Cl)c2)nn1)C1CCOCC1. The van der Waals surface area contributed by atoms with Crippen molar-refractivity contribution in [1.82, 2.24) is 10.2 Å². The summed E-state index contributed by atoms with van der Waals surface area (Å²) < 4.78 is 5.27. The van der Waals surface area contributed by atoms with E-state index in [1.165, 1.54) is 0 Å². The van der Waals surface area contributed by atoms with Gasteiger partial charge < -0.3 is 15.4 Å². The minimum Gasteiger partial charge on any atom is -0.381 e. The van der Waals surface area contributed by atoms with E-state index in [2.05, 4.69) is 20.8 Å². The second-order valence-electron chi connectivity index (χ2n) is 5.99. The standard InChI is InChI=1S/C18H21ClN4O2/c19-15-3-1-2-13(12-15)6-9-20-16-4-5-17(23-22-16)21-18(24)14-7-10-25-11-8-14/h1-5,12,14H,6-11H2,(H,20,22)(H,21,23,24). The van der Waals surface area contributed by atoms with Gasteiger partial charge in [0.1, 0.15) is 5.82 Å². The largest absolute Gasteiger partial charge is 0.381 e. The van der Waals surface area contributed by atoms with Crippen LogP contribution in [0.1, 0.15) is 18.4 Å². The number of ether oxygens (including phenoxy) is 1. The first-order valence-corrected chi connectivity index (χ1v) is 8.79. The maximum atomic E-state index is 12.1. The van der Waals surface area contributed by atoms with Gasteiger partial charge in [0.2, 0.25) is 5.91 Å². The first-order valence-electron chi connectivity index (χ1n) is 8.41. The van der Waals surface area contributed by atoms with Crippen molar-refractivity contribution in [3.05, 3.63) is 47.0 Å². The monoisotopic (exact) mass is 360 g/mol. The summed E-state index contributed by atoms with van der Waals surface area (Å²) in [5.41, 5.74) is 1.16. The van der Waals surface area contributed by atoms with E-state index >= 15 is 0 Å². The van der Waals surface area contributed by atoms with Crippen molar-refractivity contribution in [3.63, 3.8) is 0 Å². The van der Waals surface area contributed by atoms with Crippen LogP contribution in [-0.2, 0) is 16.0 Å². The summed E-state index contributed by atoms with van der Waals surface area (Å²) in [5.74, 6) is 1.12. The third kappa shape index (κ3) is 5.41. The maximum absolute atomic E-state index is 12.1. The molecular formula is C18H21ClN4O2. The lowest BCUT2D eigenvalue weighted by atomic mass is 9.99. The zero-order valence-electron chi connectivity index (χ0n) is 13.9. The van der Waals surface area contributed by atoms with Crippen molar-refractivity contribution >= 4 is 29.1 Å². The Morgan fingerprint density at radius 3 is 2.64 bits per heavy atom. The van der Waals surface area contributed by atoms with Crippen LogP contribution in [-0.4, -0.2) is 35.9 Å². The molecule has 0 radical (unpaired) electrons. The molecule has 6 nitrogen and oxygen atoms in total. The number of hydrogen-bond donors (Lipinski definition) is 2. The molecule has 0 unspecified atom stereocenters. The molecule has 1 aliphatic heterocycles. The van der Waals surface area contributed by atoms with Crippen molar-refractivity contribution < 1.29 is 9.53 Å². The predicted molar refractivity (Wildman–Crippen MR) is 97.9 cm³/mol. The summed E-state index contributed by atoms with van der Waals surface area (Å²) in [6, 6.07) is 11.3. The molecule has 0 saturated carbocycles. The first kappa shape index (κ1) is 17.6. The number of halogens is 1. The summed E-state index contributed by atoms with van der Waals surface area (Å²) in [7, 11) is 0. The quantitative estimate of drug-likeness (QED) is 0.827. The average molecular weight is 361 g/mol. The molecule has 2 aromatic rings. The first-order chi connectivity index (χ1) is 12.2. The Labute approximate surface area is 151 Å². The van der Waals surface area contributed by atoms with Crippen molar-refractivity contribution in [3.8, 4) is 0 Å². The van der Waals surface area contributed by atoms with Gasteiger partial charge in [-0.25, -0.2) is 0 Å². The van der Waals surface area contributed by atoms with Crippen LogP contribution in [0.2, 0.25) is 5.02 Å². The third-order valence-electron chi connectivity index (χ3n) is 4.12. The summed E-state index contributed by atoms with van der Waals surface area (Å²) in [6.45, 7) is 2.00. The van der Waals surface area contributed by atoms with E-state index in [1.54, 1.807) is 6.07 Å². The van der Waals surface area contributed by atoms with Gasteiger partial charge in [0.25, 0.3) is 0 Å². The van der Waals surface area contributed by atoms with Gasteiger partial charge >= 0.3 is 0 Å². The molecule has 0 aliphatic carbocycles. The van der Waals surface area contributed by atoms with Crippen LogP contribution in [0.5, 0.6) is 0 Å². The highest BCUT2D eigenvalue weighted by Crippen LogP contribution is 2.17. The molecule has 1 aromatic carbocycles. The maximum Gasteiger partial charge on any atom is 0.228 e. The molecule has 2 heterocycles. The number of carbonyl (C=O) groups excluding carboxylic acids is 1. The highest BCUT2D eigenvalue weighted by Gasteiger charge is 2.21.